The van der Waals surface area contributed by atoms with Crippen molar-refractivity contribution in [3.8, 4) is 0 Å². The van der Waals surface area contributed by atoms with Crippen LogP contribution in [0.15, 0.2) is 48.5 Å². The average molecular weight is 243 g/mol. The summed E-state index contributed by atoms with van der Waals surface area (Å²) in [5, 5.41) is 3.10. The Morgan fingerprint density at radius 1 is 1.06 bits per heavy atom. The van der Waals surface area contributed by atoms with Gasteiger partial charge in [-0.3, -0.25) is 0 Å². The van der Waals surface area contributed by atoms with E-state index in [0.29, 0.717) is 11.1 Å². The minimum Gasteiger partial charge on any atom is -0.434 e. The largest absolute Gasteiger partial charge is 0.434 e. The first kappa shape index (κ1) is 10.8. The van der Waals surface area contributed by atoms with Crippen LogP contribution in [-0.4, -0.2) is 5.97 Å². The Balaban J connectivity index is 1.94. The fraction of sp³-hybridized carbons (Fsp3) is 0.0714. The van der Waals surface area contributed by atoms with E-state index in [1.807, 2.05) is 12.1 Å². The summed E-state index contributed by atoms with van der Waals surface area (Å²) < 4.78 is 18.1. The number of anilines is 1. The molecule has 3 rings (SSSR count). The molecule has 1 N–H and O–H groups in total. The van der Waals surface area contributed by atoms with Gasteiger partial charge in [0.25, 0.3) is 0 Å². The van der Waals surface area contributed by atoms with Crippen LogP contribution in [0.2, 0.25) is 0 Å². The second-order valence-electron chi connectivity index (χ2n) is 4.03. The van der Waals surface area contributed by atoms with Crippen LogP contribution in [0.3, 0.4) is 0 Å². The van der Waals surface area contributed by atoms with Gasteiger partial charge in [0.15, 0.2) is 6.23 Å². The Hall–Kier alpha value is -2.36. The monoisotopic (exact) mass is 243 g/mol. The van der Waals surface area contributed by atoms with E-state index in [-0.39, 0.29) is 11.8 Å². The smallest absolute Gasteiger partial charge is 0.342 e. The molecule has 1 unspecified atom stereocenters. The number of esters is 1. The minimum atomic E-state index is -0.576. The molecule has 2 aromatic rings. The van der Waals surface area contributed by atoms with Crippen LogP contribution in [0.4, 0.5) is 10.1 Å². The first-order valence-electron chi connectivity index (χ1n) is 5.56. The van der Waals surface area contributed by atoms with Gasteiger partial charge in [-0.2, -0.15) is 0 Å². The molecule has 18 heavy (non-hydrogen) atoms. The highest BCUT2D eigenvalue weighted by molar-refractivity contribution is 5.97. The van der Waals surface area contributed by atoms with Gasteiger partial charge in [0.2, 0.25) is 0 Å². The molecule has 0 saturated heterocycles. The zero-order valence-corrected chi connectivity index (χ0v) is 9.39. The van der Waals surface area contributed by atoms with Crippen molar-refractivity contribution < 1.29 is 13.9 Å². The lowest BCUT2D eigenvalue weighted by atomic mass is 10.1. The van der Waals surface area contributed by atoms with E-state index in [1.54, 1.807) is 24.3 Å². The first-order chi connectivity index (χ1) is 8.74. The van der Waals surface area contributed by atoms with Crippen LogP contribution in [0.5, 0.6) is 0 Å². The standard InChI is InChI=1S/C14H10FNO2/c15-10-7-5-9(6-8-10)13-16-12-4-2-1-3-11(12)14(17)18-13/h1-8,13,16H. The fourth-order valence-electron chi connectivity index (χ4n) is 1.92. The Labute approximate surface area is 103 Å². The van der Waals surface area contributed by atoms with Crippen molar-refractivity contribution in [3.05, 3.63) is 65.5 Å². The highest BCUT2D eigenvalue weighted by atomic mass is 19.1. The number of para-hydroxylation sites is 1. The molecule has 90 valence electrons. The molecule has 0 bridgehead atoms. The summed E-state index contributed by atoms with van der Waals surface area (Å²) in [5.74, 6) is -0.694. The van der Waals surface area contributed by atoms with Crippen LogP contribution in [0, 0.1) is 5.82 Å². The number of carbonyl (C=O) groups excluding carboxylic acids is 1. The van der Waals surface area contributed by atoms with E-state index in [9.17, 15) is 9.18 Å². The summed E-state index contributed by atoms with van der Waals surface area (Å²) in [5.41, 5.74) is 1.94. The van der Waals surface area contributed by atoms with Crippen LogP contribution < -0.4 is 5.32 Å². The normalized spacial score (nSPS) is 17.6. The molecule has 4 heteroatoms. The van der Waals surface area contributed by atoms with E-state index >= 15 is 0 Å². The molecule has 0 radical (unpaired) electrons. The average Bonchev–Trinajstić information content (AvgIpc) is 2.39. The molecule has 2 aromatic carbocycles. The third-order valence-electron chi connectivity index (χ3n) is 2.83. The number of carbonyl (C=O) groups is 1. The zero-order valence-electron chi connectivity index (χ0n) is 9.39. The number of nitrogens with one attached hydrogen (secondary N) is 1. The minimum absolute atomic E-state index is 0.318. The number of ether oxygens (including phenoxy) is 1. The van der Waals surface area contributed by atoms with E-state index in [4.69, 9.17) is 4.74 Å². The number of halogens is 1. The van der Waals surface area contributed by atoms with Crippen molar-refractivity contribution in [2.75, 3.05) is 5.32 Å². The maximum atomic E-state index is 12.8. The topological polar surface area (TPSA) is 38.3 Å². The lowest BCUT2D eigenvalue weighted by Crippen LogP contribution is -2.25. The molecule has 0 saturated carbocycles. The van der Waals surface area contributed by atoms with Gasteiger partial charge in [0.1, 0.15) is 5.82 Å². The van der Waals surface area contributed by atoms with Crippen molar-refractivity contribution in [2.24, 2.45) is 0 Å². The third-order valence-corrected chi connectivity index (χ3v) is 2.83. The highest BCUT2D eigenvalue weighted by Gasteiger charge is 2.26. The van der Waals surface area contributed by atoms with Gasteiger partial charge >= 0.3 is 5.97 Å². The predicted molar refractivity (Wildman–Crippen MR) is 64.6 cm³/mol. The van der Waals surface area contributed by atoms with Gasteiger partial charge in [-0.1, -0.05) is 24.3 Å². The molecule has 0 aliphatic carbocycles. The Morgan fingerprint density at radius 2 is 1.78 bits per heavy atom. The molecule has 0 fully saturated rings. The lowest BCUT2D eigenvalue weighted by Gasteiger charge is -2.26. The second kappa shape index (κ2) is 4.14. The van der Waals surface area contributed by atoms with Gasteiger partial charge in [0, 0.05) is 5.56 Å². The quantitative estimate of drug-likeness (QED) is 0.782. The molecule has 1 aliphatic heterocycles. The molecule has 3 nitrogen and oxygen atoms in total. The summed E-state index contributed by atoms with van der Waals surface area (Å²) in [6.45, 7) is 0. The van der Waals surface area contributed by atoms with Gasteiger partial charge in [-0.25, -0.2) is 9.18 Å². The van der Waals surface area contributed by atoms with Gasteiger partial charge in [-0.05, 0) is 24.3 Å². The van der Waals surface area contributed by atoms with Crippen molar-refractivity contribution >= 4 is 11.7 Å². The molecule has 1 heterocycles. The molecular weight excluding hydrogens is 233 g/mol. The van der Waals surface area contributed by atoms with Crippen LogP contribution >= 0.6 is 0 Å². The summed E-state index contributed by atoms with van der Waals surface area (Å²) in [6.07, 6.45) is -0.576. The second-order valence-corrected chi connectivity index (χ2v) is 4.03. The van der Waals surface area contributed by atoms with Gasteiger partial charge in [0.05, 0.1) is 11.3 Å². The van der Waals surface area contributed by atoms with Crippen LogP contribution in [0.25, 0.3) is 0 Å². The Kier molecular flexibility index (Phi) is 2.48. The first-order valence-corrected chi connectivity index (χ1v) is 5.56. The van der Waals surface area contributed by atoms with Gasteiger partial charge in [-0.15, -0.1) is 0 Å². The van der Waals surface area contributed by atoms with Crippen LogP contribution in [-0.2, 0) is 4.74 Å². The summed E-state index contributed by atoms with van der Waals surface area (Å²) in [7, 11) is 0. The van der Waals surface area contributed by atoms with E-state index < -0.39 is 6.23 Å². The molecule has 1 atom stereocenters. The zero-order chi connectivity index (χ0) is 12.5. The van der Waals surface area contributed by atoms with Crippen molar-refractivity contribution in [2.45, 2.75) is 6.23 Å². The van der Waals surface area contributed by atoms with E-state index in [1.165, 1.54) is 12.1 Å². The predicted octanol–water partition coefficient (Wildman–Crippen LogP) is 3.11. The van der Waals surface area contributed by atoms with E-state index in [0.717, 1.165) is 5.69 Å². The Morgan fingerprint density at radius 3 is 2.56 bits per heavy atom. The van der Waals surface area contributed by atoms with Crippen LogP contribution in [0.1, 0.15) is 22.1 Å². The van der Waals surface area contributed by atoms with Crippen molar-refractivity contribution in [3.63, 3.8) is 0 Å². The number of benzene rings is 2. The van der Waals surface area contributed by atoms with Crippen molar-refractivity contribution in [1.29, 1.82) is 0 Å². The highest BCUT2D eigenvalue weighted by Crippen LogP contribution is 2.30. The molecule has 0 aromatic heterocycles. The Bertz CT molecular complexity index is 595. The van der Waals surface area contributed by atoms with E-state index in [2.05, 4.69) is 5.32 Å². The summed E-state index contributed by atoms with van der Waals surface area (Å²) in [6, 6.07) is 13.0. The number of rotatable bonds is 1. The van der Waals surface area contributed by atoms with Crippen molar-refractivity contribution in [1.82, 2.24) is 0 Å². The number of hydrogen-bond donors (Lipinski definition) is 1. The molecule has 1 aliphatic rings. The van der Waals surface area contributed by atoms with Gasteiger partial charge < -0.3 is 10.1 Å². The number of cyclic esters (lactones) is 1. The fourth-order valence-corrected chi connectivity index (χ4v) is 1.92. The molecule has 0 spiro atoms. The third kappa shape index (κ3) is 1.82. The maximum absolute atomic E-state index is 12.8. The SMILES string of the molecule is O=C1OC(c2ccc(F)cc2)Nc2ccccc21. The summed E-state index contributed by atoms with van der Waals surface area (Å²) >= 11 is 0. The lowest BCUT2D eigenvalue weighted by molar-refractivity contribution is 0.0330. The number of fused-ring (bicyclic) bond motifs is 1. The number of hydrogen-bond acceptors (Lipinski definition) is 3. The molecular formula is C14H10FNO2. The molecule has 0 amide bonds. The maximum Gasteiger partial charge on any atom is 0.342 e. The summed E-state index contributed by atoms with van der Waals surface area (Å²) in [4.78, 5) is 11.8.